The van der Waals surface area contributed by atoms with Crippen molar-refractivity contribution in [1.82, 2.24) is 10.6 Å². The number of hydrogen-bond donors (Lipinski definition) is 3. The number of rotatable bonds is 5. The molecule has 0 atom stereocenters. The molecule has 0 fully saturated rings. The van der Waals surface area contributed by atoms with E-state index in [4.69, 9.17) is 5.73 Å². The molecule has 4 N–H and O–H groups in total. The fraction of sp³-hybridized carbons (Fsp3) is 0.125. The van der Waals surface area contributed by atoms with Crippen LogP contribution in [0.2, 0.25) is 0 Å². The number of hydrogen-bond acceptors (Lipinski definition) is 3. The van der Waals surface area contributed by atoms with E-state index in [1.807, 2.05) is 30.3 Å². The van der Waals surface area contributed by atoms with Gasteiger partial charge in [0.15, 0.2) is 0 Å². The molecule has 0 spiro atoms. The second kappa shape index (κ2) is 7.09. The highest BCUT2D eigenvalue weighted by Gasteiger charge is 2.07. The number of benzene rings is 2. The highest BCUT2D eigenvalue weighted by atomic mass is 16.2. The van der Waals surface area contributed by atoms with Crippen LogP contribution in [0, 0.1) is 0 Å². The minimum absolute atomic E-state index is 0.0595. The second-order valence-electron chi connectivity index (χ2n) is 4.57. The SMILES string of the molecule is Nc1ccc(C(=O)NCC(=O)NCc2ccccc2)cc1. The van der Waals surface area contributed by atoms with Crippen LogP contribution in [-0.4, -0.2) is 18.4 Å². The summed E-state index contributed by atoms with van der Waals surface area (Å²) in [6.07, 6.45) is 0. The smallest absolute Gasteiger partial charge is 0.251 e. The van der Waals surface area contributed by atoms with Crippen LogP contribution in [0.3, 0.4) is 0 Å². The van der Waals surface area contributed by atoms with Gasteiger partial charge in [0.2, 0.25) is 5.91 Å². The molecule has 0 aromatic heterocycles. The maximum absolute atomic E-state index is 11.8. The number of amides is 2. The predicted octanol–water partition coefficient (Wildman–Crippen LogP) is 1.31. The van der Waals surface area contributed by atoms with Gasteiger partial charge in [-0.1, -0.05) is 30.3 Å². The lowest BCUT2D eigenvalue weighted by Gasteiger charge is -2.07. The van der Waals surface area contributed by atoms with E-state index in [1.54, 1.807) is 24.3 Å². The van der Waals surface area contributed by atoms with E-state index < -0.39 is 0 Å². The molecule has 0 aliphatic heterocycles. The minimum atomic E-state index is -0.301. The van der Waals surface area contributed by atoms with E-state index in [0.29, 0.717) is 17.8 Å². The lowest BCUT2D eigenvalue weighted by Crippen LogP contribution is -2.36. The Bertz CT molecular complexity index is 609. The van der Waals surface area contributed by atoms with Crippen LogP contribution in [0.5, 0.6) is 0 Å². The number of nitrogens with one attached hydrogen (secondary N) is 2. The molecule has 108 valence electrons. The molecule has 2 aromatic rings. The first-order valence-corrected chi connectivity index (χ1v) is 6.59. The van der Waals surface area contributed by atoms with Crippen LogP contribution in [0.25, 0.3) is 0 Å². The number of carbonyl (C=O) groups excluding carboxylic acids is 2. The molecular weight excluding hydrogens is 266 g/mol. The molecule has 2 amide bonds. The Kier molecular flexibility index (Phi) is 4.93. The standard InChI is InChI=1S/C16H17N3O2/c17-14-8-6-13(7-9-14)16(21)19-11-15(20)18-10-12-4-2-1-3-5-12/h1-9H,10-11,17H2,(H,18,20)(H,19,21). The summed E-state index contributed by atoms with van der Waals surface area (Å²) in [5, 5.41) is 5.30. The quantitative estimate of drug-likeness (QED) is 0.723. The van der Waals surface area contributed by atoms with Crippen molar-refractivity contribution >= 4 is 17.5 Å². The van der Waals surface area contributed by atoms with Gasteiger partial charge in [-0.2, -0.15) is 0 Å². The first-order chi connectivity index (χ1) is 10.1. The van der Waals surface area contributed by atoms with Gasteiger partial charge >= 0.3 is 0 Å². The Morgan fingerprint density at radius 2 is 1.57 bits per heavy atom. The summed E-state index contributed by atoms with van der Waals surface area (Å²) >= 11 is 0. The third kappa shape index (κ3) is 4.65. The van der Waals surface area contributed by atoms with E-state index in [2.05, 4.69) is 10.6 Å². The molecule has 0 bridgehead atoms. The average Bonchev–Trinajstić information content (AvgIpc) is 2.52. The molecule has 0 saturated carbocycles. The zero-order chi connectivity index (χ0) is 15.1. The largest absolute Gasteiger partial charge is 0.399 e. The first-order valence-electron chi connectivity index (χ1n) is 6.59. The van der Waals surface area contributed by atoms with Crippen LogP contribution < -0.4 is 16.4 Å². The molecule has 5 heteroatoms. The van der Waals surface area contributed by atoms with Crippen molar-refractivity contribution in [3.05, 3.63) is 65.7 Å². The fourth-order valence-electron chi connectivity index (χ4n) is 1.76. The van der Waals surface area contributed by atoms with Crippen molar-refractivity contribution in [3.8, 4) is 0 Å². The van der Waals surface area contributed by atoms with Gasteiger partial charge in [-0.3, -0.25) is 9.59 Å². The van der Waals surface area contributed by atoms with Crippen molar-refractivity contribution in [2.45, 2.75) is 6.54 Å². The Morgan fingerprint density at radius 3 is 2.24 bits per heavy atom. The normalized spacial score (nSPS) is 9.90. The number of nitrogens with two attached hydrogens (primary N) is 1. The third-order valence-corrected chi connectivity index (χ3v) is 2.91. The second-order valence-corrected chi connectivity index (χ2v) is 4.57. The zero-order valence-corrected chi connectivity index (χ0v) is 11.5. The van der Waals surface area contributed by atoms with Gasteiger partial charge in [0, 0.05) is 17.8 Å². The highest BCUT2D eigenvalue weighted by Crippen LogP contribution is 2.04. The Morgan fingerprint density at radius 1 is 0.905 bits per heavy atom. The fourth-order valence-corrected chi connectivity index (χ4v) is 1.76. The first kappa shape index (κ1) is 14.6. The summed E-state index contributed by atoms with van der Waals surface area (Å²) in [5.41, 5.74) is 7.62. The number of carbonyl (C=O) groups is 2. The maximum atomic E-state index is 11.8. The predicted molar refractivity (Wildman–Crippen MR) is 81.5 cm³/mol. The highest BCUT2D eigenvalue weighted by molar-refractivity contribution is 5.96. The summed E-state index contributed by atoms with van der Waals surface area (Å²) in [7, 11) is 0. The van der Waals surface area contributed by atoms with Gasteiger partial charge in [-0.25, -0.2) is 0 Å². The molecule has 5 nitrogen and oxygen atoms in total. The van der Waals surface area contributed by atoms with Gasteiger partial charge < -0.3 is 16.4 Å². The van der Waals surface area contributed by atoms with E-state index in [-0.39, 0.29) is 18.4 Å². The Balaban J connectivity index is 1.76. The van der Waals surface area contributed by atoms with Gasteiger partial charge in [-0.15, -0.1) is 0 Å². The minimum Gasteiger partial charge on any atom is -0.399 e. The molecule has 0 heterocycles. The molecule has 0 unspecified atom stereocenters. The van der Waals surface area contributed by atoms with Crippen molar-refractivity contribution < 1.29 is 9.59 Å². The van der Waals surface area contributed by atoms with Crippen LogP contribution in [0.1, 0.15) is 15.9 Å². The monoisotopic (exact) mass is 283 g/mol. The molecular formula is C16H17N3O2. The summed E-state index contributed by atoms with van der Waals surface area (Å²) in [6, 6.07) is 16.1. The van der Waals surface area contributed by atoms with E-state index in [0.717, 1.165) is 5.56 Å². The van der Waals surface area contributed by atoms with Gasteiger partial charge in [0.05, 0.1) is 6.54 Å². The van der Waals surface area contributed by atoms with Crippen LogP contribution in [0.15, 0.2) is 54.6 Å². The number of nitrogen functional groups attached to an aromatic ring is 1. The van der Waals surface area contributed by atoms with E-state index in [1.165, 1.54) is 0 Å². The van der Waals surface area contributed by atoms with Crippen LogP contribution in [0.4, 0.5) is 5.69 Å². The molecule has 0 aliphatic rings. The summed E-state index contributed by atoms with van der Waals surface area (Å²) in [5.74, 6) is -0.535. The van der Waals surface area contributed by atoms with Crippen molar-refractivity contribution in [1.29, 1.82) is 0 Å². The lowest BCUT2D eigenvalue weighted by molar-refractivity contribution is -0.120. The maximum Gasteiger partial charge on any atom is 0.251 e. The molecule has 2 rings (SSSR count). The average molecular weight is 283 g/mol. The van der Waals surface area contributed by atoms with E-state index in [9.17, 15) is 9.59 Å². The Hall–Kier alpha value is -2.82. The molecule has 2 aromatic carbocycles. The Labute approximate surface area is 123 Å². The zero-order valence-electron chi connectivity index (χ0n) is 11.5. The summed E-state index contributed by atoms with van der Waals surface area (Å²) < 4.78 is 0. The lowest BCUT2D eigenvalue weighted by atomic mass is 10.2. The topological polar surface area (TPSA) is 84.2 Å². The van der Waals surface area contributed by atoms with E-state index >= 15 is 0 Å². The molecule has 0 saturated heterocycles. The number of anilines is 1. The van der Waals surface area contributed by atoms with Gasteiger partial charge in [-0.05, 0) is 29.8 Å². The van der Waals surface area contributed by atoms with Crippen molar-refractivity contribution in [3.63, 3.8) is 0 Å². The summed E-state index contributed by atoms with van der Waals surface area (Å²) in [6.45, 7) is 0.382. The molecule has 0 radical (unpaired) electrons. The van der Waals surface area contributed by atoms with Gasteiger partial charge in [0.25, 0.3) is 5.91 Å². The van der Waals surface area contributed by atoms with Crippen molar-refractivity contribution in [2.24, 2.45) is 0 Å². The molecule has 0 aliphatic carbocycles. The van der Waals surface area contributed by atoms with Gasteiger partial charge in [0.1, 0.15) is 0 Å². The molecule has 21 heavy (non-hydrogen) atoms. The van der Waals surface area contributed by atoms with Crippen LogP contribution >= 0.6 is 0 Å². The van der Waals surface area contributed by atoms with Crippen LogP contribution in [-0.2, 0) is 11.3 Å². The summed E-state index contributed by atoms with van der Waals surface area (Å²) in [4.78, 5) is 23.5. The third-order valence-electron chi connectivity index (χ3n) is 2.91. The van der Waals surface area contributed by atoms with Crippen molar-refractivity contribution in [2.75, 3.05) is 12.3 Å².